The molecule has 3 rings (SSSR count). The van der Waals surface area contributed by atoms with Gasteiger partial charge in [-0.25, -0.2) is 8.78 Å². The molecule has 5 nitrogen and oxygen atoms in total. The molecule has 0 amide bonds. The van der Waals surface area contributed by atoms with E-state index in [1.165, 1.54) is 0 Å². The van der Waals surface area contributed by atoms with E-state index >= 15 is 0 Å². The van der Waals surface area contributed by atoms with Crippen LogP contribution in [0.15, 0.2) is 48.7 Å². The number of aryl methyl sites for hydroxylation is 2. The van der Waals surface area contributed by atoms with Crippen LogP contribution in [0.2, 0.25) is 0 Å². The summed E-state index contributed by atoms with van der Waals surface area (Å²) in [4.78, 5) is 10.6. The molecule has 1 N–H and O–H groups in total. The molecular weight excluding hydrogens is 354 g/mol. The lowest BCUT2D eigenvalue weighted by Gasteiger charge is -2.11. The summed E-state index contributed by atoms with van der Waals surface area (Å²) >= 11 is 0. The normalized spacial score (nSPS) is 10.8. The third-order valence-electron chi connectivity index (χ3n) is 4.12. The highest BCUT2D eigenvalue weighted by Crippen LogP contribution is 2.28. The van der Waals surface area contributed by atoms with Gasteiger partial charge in [0.05, 0.1) is 11.9 Å². The smallest absolute Gasteiger partial charge is 0.303 e. The maximum absolute atomic E-state index is 14.2. The number of aromatic nitrogens is 2. The highest BCUT2D eigenvalue weighted by molar-refractivity contribution is 5.67. The Balaban J connectivity index is 1.79. The Morgan fingerprint density at radius 3 is 2.48 bits per heavy atom. The lowest BCUT2D eigenvalue weighted by molar-refractivity contribution is -0.136. The second-order valence-corrected chi connectivity index (χ2v) is 6.08. The van der Waals surface area contributed by atoms with Crippen LogP contribution in [0.4, 0.5) is 8.78 Å². The molecule has 0 fully saturated rings. The number of benzene rings is 2. The lowest BCUT2D eigenvalue weighted by atomic mass is 10.1. The zero-order valence-corrected chi connectivity index (χ0v) is 14.7. The van der Waals surface area contributed by atoms with Crippen molar-refractivity contribution in [2.24, 2.45) is 7.05 Å². The second-order valence-electron chi connectivity index (χ2n) is 6.08. The molecule has 140 valence electrons. The summed E-state index contributed by atoms with van der Waals surface area (Å²) in [5.74, 6) is -3.24. The molecule has 0 saturated heterocycles. The fraction of sp³-hybridized carbons (Fsp3) is 0.200. The lowest BCUT2D eigenvalue weighted by Crippen LogP contribution is -2.04. The summed E-state index contributed by atoms with van der Waals surface area (Å²) in [5.41, 5.74) is 2.68. The van der Waals surface area contributed by atoms with Crippen LogP contribution < -0.4 is 4.74 Å². The monoisotopic (exact) mass is 372 g/mol. The van der Waals surface area contributed by atoms with Crippen molar-refractivity contribution in [3.63, 3.8) is 0 Å². The number of carboxylic acids is 1. The molecule has 3 aromatic rings. The van der Waals surface area contributed by atoms with Gasteiger partial charge in [0, 0.05) is 24.6 Å². The Kier molecular flexibility index (Phi) is 5.49. The number of halogens is 2. The zero-order chi connectivity index (χ0) is 19.4. The topological polar surface area (TPSA) is 64.4 Å². The molecule has 0 radical (unpaired) electrons. The Hall–Kier alpha value is -3.22. The van der Waals surface area contributed by atoms with Gasteiger partial charge in [-0.3, -0.25) is 9.48 Å². The summed E-state index contributed by atoms with van der Waals surface area (Å²) in [5, 5.41) is 12.9. The van der Waals surface area contributed by atoms with Crippen molar-refractivity contribution in [1.82, 2.24) is 9.78 Å². The van der Waals surface area contributed by atoms with Crippen molar-refractivity contribution in [2.75, 3.05) is 0 Å². The van der Waals surface area contributed by atoms with Crippen LogP contribution in [-0.2, 0) is 24.9 Å². The molecule has 0 saturated carbocycles. The minimum atomic E-state index is -1.03. The molecule has 7 heteroatoms. The predicted molar refractivity (Wildman–Crippen MR) is 95.3 cm³/mol. The van der Waals surface area contributed by atoms with E-state index in [-0.39, 0.29) is 25.0 Å². The first kappa shape index (κ1) is 18.6. The van der Waals surface area contributed by atoms with E-state index in [2.05, 4.69) is 5.10 Å². The van der Waals surface area contributed by atoms with Gasteiger partial charge in [0.2, 0.25) is 0 Å². The van der Waals surface area contributed by atoms with Crippen molar-refractivity contribution in [3.8, 4) is 17.0 Å². The molecular formula is C20H18F2N2O3. The van der Waals surface area contributed by atoms with Gasteiger partial charge in [-0.2, -0.15) is 5.10 Å². The van der Waals surface area contributed by atoms with Gasteiger partial charge in [0.15, 0.2) is 17.4 Å². The third-order valence-corrected chi connectivity index (χ3v) is 4.12. The fourth-order valence-corrected chi connectivity index (χ4v) is 2.85. The number of nitrogens with zero attached hydrogens (tertiary/aromatic N) is 2. The first-order chi connectivity index (χ1) is 13.0. The maximum atomic E-state index is 14.2. The number of ether oxygens (including phenoxy) is 1. The third kappa shape index (κ3) is 4.31. The molecule has 1 aromatic heterocycles. The maximum Gasteiger partial charge on any atom is 0.303 e. The van der Waals surface area contributed by atoms with Crippen LogP contribution in [0.3, 0.4) is 0 Å². The minimum Gasteiger partial charge on any atom is -0.483 e. The largest absolute Gasteiger partial charge is 0.483 e. The summed E-state index contributed by atoms with van der Waals surface area (Å²) < 4.78 is 35.5. The van der Waals surface area contributed by atoms with Gasteiger partial charge in [0.25, 0.3) is 0 Å². The summed E-state index contributed by atoms with van der Waals surface area (Å²) in [6, 6.07) is 11.7. The second kappa shape index (κ2) is 7.99. The van der Waals surface area contributed by atoms with Crippen LogP contribution in [0.5, 0.6) is 5.75 Å². The number of hydrogen-bond acceptors (Lipinski definition) is 3. The van der Waals surface area contributed by atoms with Crippen molar-refractivity contribution < 1.29 is 23.4 Å². The van der Waals surface area contributed by atoms with Gasteiger partial charge < -0.3 is 9.84 Å². The highest BCUT2D eigenvalue weighted by atomic mass is 19.1. The fourth-order valence-electron chi connectivity index (χ4n) is 2.85. The molecule has 2 aromatic carbocycles. The van der Waals surface area contributed by atoms with Gasteiger partial charge in [-0.1, -0.05) is 30.3 Å². The van der Waals surface area contributed by atoms with E-state index in [4.69, 9.17) is 9.84 Å². The van der Waals surface area contributed by atoms with E-state index in [0.29, 0.717) is 5.56 Å². The molecule has 0 aliphatic heterocycles. The quantitative estimate of drug-likeness (QED) is 0.682. The summed E-state index contributed by atoms with van der Waals surface area (Å²) in [7, 11) is 1.78. The van der Waals surface area contributed by atoms with Crippen LogP contribution in [-0.4, -0.2) is 20.9 Å². The van der Waals surface area contributed by atoms with Crippen LogP contribution in [0, 0.1) is 11.6 Å². The van der Waals surface area contributed by atoms with Gasteiger partial charge >= 0.3 is 5.97 Å². The zero-order valence-electron chi connectivity index (χ0n) is 14.7. The van der Waals surface area contributed by atoms with E-state index in [1.807, 2.05) is 30.3 Å². The Labute approximate surface area is 154 Å². The van der Waals surface area contributed by atoms with Crippen molar-refractivity contribution >= 4 is 5.97 Å². The number of rotatable bonds is 7. The standard InChI is InChI=1S/C20H18F2N2O3/c1-24-19(14-5-3-2-4-6-14)15(11-23-24)12-27-20-16(21)9-13(10-17(20)22)7-8-18(25)26/h2-6,9-11H,7-8,12H2,1H3,(H,25,26). The molecule has 0 atom stereocenters. The van der Waals surface area contributed by atoms with E-state index in [0.717, 1.165) is 23.4 Å². The number of aliphatic carboxylic acids is 1. The van der Waals surface area contributed by atoms with E-state index in [1.54, 1.807) is 17.9 Å². The Morgan fingerprint density at radius 1 is 1.19 bits per heavy atom. The molecule has 0 bridgehead atoms. The number of carboxylic acid groups (broad SMARTS) is 1. The molecule has 27 heavy (non-hydrogen) atoms. The molecule has 0 unspecified atom stereocenters. The first-order valence-corrected chi connectivity index (χ1v) is 8.34. The van der Waals surface area contributed by atoms with Crippen LogP contribution in [0.25, 0.3) is 11.3 Å². The van der Waals surface area contributed by atoms with Gasteiger partial charge in [0.1, 0.15) is 6.61 Å². The van der Waals surface area contributed by atoms with Gasteiger partial charge in [-0.05, 0) is 24.1 Å². The van der Waals surface area contributed by atoms with E-state index in [9.17, 15) is 13.6 Å². The average Bonchev–Trinajstić information content (AvgIpc) is 3.00. The van der Waals surface area contributed by atoms with Crippen molar-refractivity contribution in [1.29, 1.82) is 0 Å². The molecule has 0 spiro atoms. The predicted octanol–water partition coefficient (Wildman–Crippen LogP) is 3.96. The Morgan fingerprint density at radius 2 is 1.85 bits per heavy atom. The highest BCUT2D eigenvalue weighted by Gasteiger charge is 2.16. The van der Waals surface area contributed by atoms with Crippen LogP contribution in [0.1, 0.15) is 17.5 Å². The SMILES string of the molecule is Cn1ncc(COc2c(F)cc(CCC(=O)O)cc2F)c1-c1ccccc1. The molecule has 0 aliphatic rings. The van der Waals surface area contributed by atoms with Crippen LogP contribution >= 0.6 is 0 Å². The van der Waals surface area contributed by atoms with Crippen molar-refractivity contribution in [2.45, 2.75) is 19.4 Å². The Bertz CT molecular complexity index is 932. The molecule has 1 heterocycles. The van der Waals surface area contributed by atoms with Gasteiger partial charge in [-0.15, -0.1) is 0 Å². The summed E-state index contributed by atoms with van der Waals surface area (Å²) in [6.07, 6.45) is 1.44. The summed E-state index contributed by atoms with van der Waals surface area (Å²) in [6.45, 7) is -0.0552. The first-order valence-electron chi connectivity index (χ1n) is 8.34. The van der Waals surface area contributed by atoms with E-state index < -0.39 is 23.4 Å². The average molecular weight is 372 g/mol. The molecule has 0 aliphatic carbocycles. The minimum absolute atomic E-state index is 0.0458. The van der Waals surface area contributed by atoms with Crippen molar-refractivity contribution in [3.05, 3.63) is 71.4 Å². The number of carbonyl (C=O) groups is 1. The number of hydrogen-bond donors (Lipinski definition) is 1.